The molecule has 1 saturated carbocycles. The van der Waals surface area contributed by atoms with Gasteiger partial charge in [0.05, 0.1) is 29.0 Å². The molecule has 6 nitrogen and oxygen atoms in total. The van der Waals surface area contributed by atoms with Crippen LogP contribution < -0.4 is 10.1 Å². The molecule has 1 aliphatic rings. The minimum atomic E-state index is -4.40. The van der Waals surface area contributed by atoms with Gasteiger partial charge in [0.25, 0.3) is 0 Å². The van der Waals surface area contributed by atoms with E-state index in [1.165, 1.54) is 12.3 Å². The van der Waals surface area contributed by atoms with Crippen molar-refractivity contribution in [2.75, 3.05) is 6.61 Å². The first-order chi connectivity index (χ1) is 13.8. The van der Waals surface area contributed by atoms with Crippen LogP contribution in [0.2, 0.25) is 0 Å². The minimum absolute atomic E-state index is 0.0248. The Labute approximate surface area is 164 Å². The van der Waals surface area contributed by atoms with Crippen LogP contribution in [0, 0.1) is 5.92 Å². The molecule has 3 aromatic rings. The van der Waals surface area contributed by atoms with Gasteiger partial charge in [0.1, 0.15) is 11.6 Å². The molecule has 2 unspecified atom stereocenters. The van der Waals surface area contributed by atoms with Gasteiger partial charge in [-0.25, -0.2) is 4.98 Å². The number of nitrogens with zero attached hydrogens (tertiary/aromatic N) is 2. The molecule has 1 aromatic carbocycles. The maximum absolute atomic E-state index is 12.5. The summed E-state index contributed by atoms with van der Waals surface area (Å²) in [5.41, 5.74) is 2.36. The van der Waals surface area contributed by atoms with Gasteiger partial charge in [-0.15, -0.1) is 0 Å². The molecule has 9 heteroatoms. The van der Waals surface area contributed by atoms with Crippen LogP contribution in [0.15, 0.2) is 42.6 Å². The molecule has 0 spiro atoms. The van der Waals surface area contributed by atoms with Gasteiger partial charge in [-0.2, -0.15) is 13.2 Å². The van der Waals surface area contributed by atoms with Crippen molar-refractivity contribution in [3.63, 3.8) is 0 Å². The van der Waals surface area contributed by atoms with Crippen LogP contribution >= 0.6 is 0 Å². The molecule has 29 heavy (non-hydrogen) atoms. The van der Waals surface area contributed by atoms with E-state index in [4.69, 9.17) is 0 Å². The SMILES string of the molecule is C[C@@H](NC(=O)C1CC1c1nc2ccccc2[nH]1)c1ccc(OCC(F)(F)F)cn1. The van der Waals surface area contributed by atoms with E-state index in [2.05, 4.69) is 25.0 Å². The molecule has 2 heterocycles. The van der Waals surface area contributed by atoms with Gasteiger partial charge in [-0.1, -0.05) is 12.1 Å². The summed E-state index contributed by atoms with van der Waals surface area (Å²) in [6.07, 6.45) is -2.46. The number of benzene rings is 1. The monoisotopic (exact) mass is 404 g/mol. The zero-order valence-corrected chi connectivity index (χ0v) is 15.5. The molecule has 0 radical (unpaired) electrons. The first-order valence-electron chi connectivity index (χ1n) is 9.21. The molecule has 2 N–H and O–H groups in total. The Bertz CT molecular complexity index is 983. The largest absolute Gasteiger partial charge is 0.483 e. The van der Waals surface area contributed by atoms with E-state index in [9.17, 15) is 18.0 Å². The number of para-hydroxylation sites is 2. The van der Waals surface area contributed by atoms with Crippen LogP contribution in [0.4, 0.5) is 13.2 Å². The lowest BCUT2D eigenvalue weighted by Crippen LogP contribution is -2.29. The number of imidazole rings is 1. The quantitative estimate of drug-likeness (QED) is 0.654. The molecular weight excluding hydrogens is 385 g/mol. The van der Waals surface area contributed by atoms with Gasteiger partial charge in [0.2, 0.25) is 5.91 Å². The summed E-state index contributed by atoms with van der Waals surface area (Å²) in [5.74, 6) is 0.635. The molecule has 4 rings (SSSR count). The lowest BCUT2D eigenvalue weighted by atomic mass is 10.2. The number of pyridine rings is 1. The highest BCUT2D eigenvalue weighted by molar-refractivity contribution is 5.83. The van der Waals surface area contributed by atoms with Gasteiger partial charge in [-0.05, 0) is 37.6 Å². The number of halogens is 3. The number of nitrogens with one attached hydrogen (secondary N) is 2. The fraction of sp³-hybridized carbons (Fsp3) is 0.350. The molecule has 0 aliphatic heterocycles. The Morgan fingerprint density at radius 2 is 2.10 bits per heavy atom. The van der Waals surface area contributed by atoms with Crippen LogP contribution in [-0.4, -0.2) is 33.6 Å². The summed E-state index contributed by atoms with van der Waals surface area (Å²) in [5, 5.41) is 2.90. The Morgan fingerprint density at radius 1 is 1.31 bits per heavy atom. The lowest BCUT2D eigenvalue weighted by molar-refractivity contribution is -0.153. The summed E-state index contributed by atoms with van der Waals surface area (Å²) in [6.45, 7) is 0.403. The highest BCUT2D eigenvalue weighted by Crippen LogP contribution is 2.47. The number of H-pyrrole nitrogens is 1. The average molecular weight is 404 g/mol. The molecule has 1 aliphatic carbocycles. The van der Waals surface area contributed by atoms with Crippen LogP contribution in [0.25, 0.3) is 11.0 Å². The number of ether oxygens (including phenoxy) is 1. The molecule has 1 fully saturated rings. The van der Waals surface area contributed by atoms with Gasteiger partial charge < -0.3 is 15.0 Å². The second-order valence-electron chi connectivity index (χ2n) is 7.14. The van der Waals surface area contributed by atoms with Crippen molar-refractivity contribution in [3.8, 4) is 5.75 Å². The molecule has 2 aromatic heterocycles. The number of hydrogen-bond donors (Lipinski definition) is 2. The van der Waals surface area contributed by atoms with Gasteiger partial charge >= 0.3 is 6.18 Å². The van der Waals surface area contributed by atoms with Crippen LogP contribution in [-0.2, 0) is 4.79 Å². The van der Waals surface area contributed by atoms with Crippen LogP contribution in [0.3, 0.4) is 0 Å². The Kier molecular flexibility index (Phi) is 4.89. The third-order valence-electron chi connectivity index (χ3n) is 4.85. The number of alkyl halides is 3. The fourth-order valence-corrected chi connectivity index (χ4v) is 3.23. The van der Waals surface area contributed by atoms with E-state index in [1.54, 1.807) is 13.0 Å². The maximum Gasteiger partial charge on any atom is 0.422 e. The molecule has 152 valence electrons. The van der Waals surface area contributed by atoms with E-state index in [0.29, 0.717) is 5.69 Å². The van der Waals surface area contributed by atoms with E-state index < -0.39 is 12.8 Å². The zero-order chi connectivity index (χ0) is 20.6. The van der Waals surface area contributed by atoms with E-state index in [-0.39, 0.29) is 29.5 Å². The van der Waals surface area contributed by atoms with Crippen molar-refractivity contribution in [2.45, 2.75) is 31.5 Å². The number of aromatic amines is 1. The minimum Gasteiger partial charge on any atom is -0.483 e. The van der Waals surface area contributed by atoms with Crippen molar-refractivity contribution < 1.29 is 22.7 Å². The Hall–Kier alpha value is -3.10. The predicted octanol–water partition coefficient (Wildman–Crippen LogP) is 3.88. The number of carbonyl (C=O) groups excluding carboxylic acids is 1. The number of carbonyl (C=O) groups is 1. The third-order valence-corrected chi connectivity index (χ3v) is 4.85. The lowest BCUT2D eigenvalue weighted by Gasteiger charge is -2.14. The number of hydrogen-bond acceptors (Lipinski definition) is 4. The number of aromatic nitrogens is 3. The van der Waals surface area contributed by atoms with Crippen molar-refractivity contribution in [3.05, 3.63) is 54.1 Å². The second kappa shape index (κ2) is 7.38. The summed E-state index contributed by atoms with van der Waals surface area (Å²) in [4.78, 5) is 24.4. The highest BCUT2D eigenvalue weighted by atomic mass is 19.4. The number of amides is 1. The second-order valence-corrected chi connectivity index (χ2v) is 7.14. The van der Waals surface area contributed by atoms with Crippen molar-refractivity contribution >= 4 is 16.9 Å². The first-order valence-corrected chi connectivity index (χ1v) is 9.21. The first kappa shape index (κ1) is 19.2. The topological polar surface area (TPSA) is 79.9 Å². The van der Waals surface area contributed by atoms with Gasteiger partial charge in [-0.3, -0.25) is 9.78 Å². The normalized spacial score (nSPS) is 19.7. The average Bonchev–Trinajstić information content (AvgIpc) is 3.38. The molecular formula is C20H19F3N4O2. The maximum atomic E-state index is 12.5. The van der Waals surface area contributed by atoms with Crippen LogP contribution in [0.1, 0.15) is 36.8 Å². The van der Waals surface area contributed by atoms with Gasteiger partial charge in [0.15, 0.2) is 6.61 Å². The third kappa shape index (κ3) is 4.49. The number of rotatable bonds is 6. The summed E-state index contributed by atoms with van der Waals surface area (Å²) in [6, 6.07) is 10.3. The predicted molar refractivity (Wildman–Crippen MR) is 99.3 cm³/mol. The highest BCUT2D eigenvalue weighted by Gasteiger charge is 2.46. The van der Waals surface area contributed by atoms with E-state index in [0.717, 1.165) is 23.3 Å². The molecule has 1 amide bonds. The summed E-state index contributed by atoms with van der Waals surface area (Å²) < 4.78 is 41.2. The standard InChI is InChI=1S/C20H19F3N4O2/c1-11(15-7-6-12(9-24-15)29-10-20(21,22)23)25-19(28)14-8-13(14)18-26-16-4-2-3-5-17(16)27-18/h2-7,9,11,13-14H,8,10H2,1H3,(H,25,28)(H,26,27)/t11-,13?,14?/m1/s1. The Morgan fingerprint density at radius 3 is 2.79 bits per heavy atom. The van der Waals surface area contributed by atoms with E-state index >= 15 is 0 Å². The van der Waals surface area contributed by atoms with Gasteiger partial charge in [0, 0.05) is 11.8 Å². The van der Waals surface area contributed by atoms with Crippen molar-refractivity contribution in [2.24, 2.45) is 5.92 Å². The molecule has 0 saturated heterocycles. The molecule has 3 atom stereocenters. The zero-order valence-electron chi connectivity index (χ0n) is 15.5. The van der Waals surface area contributed by atoms with Crippen molar-refractivity contribution in [1.29, 1.82) is 0 Å². The van der Waals surface area contributed by atoms with E-state index in [1.807, 2.05) is 24.3 Å². The van der Waals surface area contributed by atoms with Crippen molar-refractivity contribution in [1.82, 2.24) is 20.3 Å². The number of fused-ring (bicyclic) bond motifs is 1. The fourth-order valence-electron chi connectivity index (χ4n) is 3.23. The van der Waals surface area contributed by atoms with Crippen LogP contribution in [0.5, 0.6) is 5.75 Å². The molecule has 0 bridgehead atoms. The summed E-state index contributed by atoms with van der Waals surface area (Å²) >= 11 is 0. The summed E-state index contributed by atoms with van der Waals surface area (Å²) in [7, 11) is 0. The smallest absolute Gasteiger partial charge is 0.422 e. The Balaban J connectivity index is 1.33.